The summed E-state index contributed by atoms with van der Waals surface area (Å²) in [7, 11) is -3.51. The van der Waals surface area contributed by atoms with E-state index in [4.69, 9.17) is 0 Å². The molecule has 7 heteroatoms. The Morgan fingerprint density at radius 2 is 1.82 bits per heavy atom. The van der Waals surface area contributed by atoms with Crippen LogP contribution in [0.5, 0.6) is 0 Å². The zero-order valence-electron chi connectivity index (χ0n) is 16.2. The summed E-state index contributed by atoms with van der Waals surface area (Å²) in [6, 6.07) is 10.6. The number of unbranched alkanes of at least 4 members (excludes halogenated alkanes) is 1. The molecular formula is C21H28N2O4S. The zero-order chi connectivity index (χ0) is 20.4. The molecule has 1 aromatic carbocycles. The quantitative estimate of drug-likeness (QED) is 0.527. The number of benzene rings is 1. The molecule has 1 aromatic heterocycles. The van der Waals surface area contributed by atoms with E-state index >= 15 is 0 Å². The van der Waals surface area contributed by atoms with Crippen molar-refractivity contribution in [2.24, 2.45) is 5.92 Å². The second-order valence-electron chi connectivity index (χ2n) is 7.00. The number of aliphatic carboxylic acids is 1. The predicted molar refractivity (Wildman–Crippen MR) is 109 cm³/mol. The van der Waals surface area contributed by atoms with E-state index in [9.17, 15) is 18.3 Å². The van der Waals surface area contributed by atoms with Crippen molar-refractivity contribution in [3.63, 3.8) is 0 Å². The van der Waals surface area contributed by atoms with Gasteiger partial charge in [-0.25, -0.2) is 13.1 Å². The lowest BCUT2D eigenvalue weighted by atomic mass is 9.95. The molecule has 0 radical (unpaired) electrons. The van der Waals surface area contributed by atoms with E-state index in [2.05, 4.69) is 9.71 Å². The van der Waals surface area contributed by atoms with Crippen LogP contribution in [0.25, 0.3) is 0 Å². The Morgan fingerprint density at radius 1 is 1.11 bits per heavy atom. The second-order valence-corrected chi connectivity index (χ2v) is 8.76. The van der Waals surface area contributed by atoms with Gasteiger partial charge in [-0.3, -0.25) is 9.78 Å². The van der Waals surface area contributed by atoms with Gasteiger partial charge in [0.25, 0.3) is 0 Å². The van der Waals surface area contributed by atoms with Crippen LogP contribution in [0, 0.1) is 12.8 Å². The number of pyridine rings is 1. The largest absolute Gasteiger partial charge is 0.481 e. The van der Waals surface area contributed by atoms with Gasteiger partial charge >= 0.3 is 5.97 Å². The molecule has 0 aliphatic carbocycles. The van der Waals surface area contributed by atoms with Crippen LogP contribution in [0.2, 0.25) is 0 Å². The molecule has 6 nitrogen and oxygen atoms in total. The third kappa shape index (κ3) is 7.40. The zero-order valence-corrected chi connectivity index (χ0v) is 17.0. The Balaban J connectivity index is 1.69. The van der Waals surface area contributed by atoms with E-state index in [1.807, 2.05) is 19.1 Å². The first-order valence-electron chi connectivity index (χ1n) is 9.56. The normalized spacial score (nSPS) is 12.6. The molecule has 1 heterocycles. The Bertz CT molecular complexity index is 836. The number of hydrogen-bond acceptors (Lipinski definition) is 4. The number of carbonyl (C=O) groups is 1. The lowest BCUT2D eigenvalue weighted by molar-refractivity contribution is -0.142. The van der Waals surface area contributed by atoms with Crippen LogP contribution in [0.3, 0.4) is 0 Å². The van der Waals surface area contributed by atoms with Crippen LogP contribution in [0.4, 0.5) is 0 Å². The van der Waals surface area contributed by atoms with Crippen LogP contribution >= 0.6 is 0 Å². The molecule has 1 atom stereocenters. The van der Waals surface area contributed by atoms with Crippen molar-refractivity contribution in [2.75, 3.05) is 6.54 Å². The van der Waals surface area contributed by atoms with Crippen LogP contribution in [0.1, 0.15) is 43.2 Å². The van der Waals surface area contributed by atoms with Crippen molar-refractivity contribution in [2.45, 2.75) is 50.3 Å². The summed E-state index contributed by atoms with van der Waals surface area (Å²) in [4.78, 5) is 15.8. The van der Waals surface area contributed by atoms with Gasteiger partial charge in [0.05, 0.1) is 10.8 Å². The third-order valence-electron chi connectivity index (χ3n) is 4.69. The lowest BCUT2D eigenvalue weighted by Gasteiger charge is -2.12. The highest BCUT2D eigenvalue weighted by Gasteiger charge is 2.17. The number of hydrogen-bond donors (Lipinski definition) is 2. The van der Waals surface area contributed by atoms with Crippen LogP contribution in [-0.4, -0.2) is 31.0 Å². The van der Waals surface area contributed by atoms with Crippen molar-refractivity contribution in [3.05, 3.63) is 59.9 Å². The number of aryl methyl sites for hydroxylation is 2. The van der Waals surface area contributed by atoms with Crippen molar-refractivity contribution >= 4 is 16.0 Å². The fourth-order valence-electron chi connectivity index (χ4n) is 3.01. The molecule has 0 saturated heterocycles. The average Bonchev–Trinajstić information content (AvgIpc) is 2.67. The Morgan fingerprint density at radius 3 is 2.46 bits per heavy atom. The van der Waals surface area contributed by atoms with Crippen LogP contribution in [0.15, 0.2) is 53.7 Å². The van der Waals surface area contributed by atoms with E-state index in [0.29, 0.717) is 32.2 Å². The SMILES string of the molecule is Cc1ccc(S(=O)(=O)NCCCCC(CCCc2cccnc2)C(=O)O)cc1. The molecule has 0 bridgehead atoms. The average molecular weight is 405 g/mol. The Hall–Kier alpha value is -2.25. The maximum absolute atomic E-state index is 12.2. The van der Waals surface area contributed by atoms with Crippen molar-refractivity contribution in [1.82, 2.24) is 9.71 Å². The Kier molecular flexibility index (Phi) is 8.60. The smallest absolute Gasteiger partial charge is 0.306 e. The topological polar surface area (TPSA) is 96.4 Å². The molecule has 0 amide bonds. The monoisotopic (exact) mass is 404 g/mol. The van der Waals surface area contributed by atoms with Gasteiger partial charge in [-0.1, -0.05) is 30.2 Å². The maximum Gasteiger partial charge on any atom is 0.306 e. The number of sulfonamides is 1. The predicted octanol–water partition coefficient (Wildman–Crippen LogP) is 3.56. The fourth-order valence-corrected chi connectivity index (χ4v) is 4.09. The highest BCUT2D eigenvalue weighted by Crippen LogP contribution is 2.17. The molecule has 2 rings (SSSR count). The number of aromatic nitrogens is 1. The molecule has 0 aliphatic heterocycles. The second kappa shape index (κ2) is 10.9. The lowest BCUT2D eigenvalue weighted by Crippen LogP contribution is -2.25. The fraction of sp³-hybridized carbons (Fsp3) is 0.429. The van der Waals surface area contributed by atoms with E-state index in [1.165, 1.54) is 0 Å². The molecule has 0 spiro atoms. The number of nitrogens with one attached hydrogen (secondary N) is 1. The van der Waals surface area contributed by atoms with Crippen LogP contribution in [-0.2, 0) is 21.2 Å². The summed E-state index contributed by atoms with van der Waals surface area (Å²) >= 11 is 0. The molecule has 1 unspecified atom stereocenters. The first-order valence-corrected chi connectivity index (χ1v) is 11.0. The van der Waals surface area contributed by atoms with Gasteiger partial charge in [0.1, 0.15) is 0 Å². The first kappa shape index (κ1) is 22.0. The van der Waals surface area contributed by atoms with Gasteiger partial charge < -0.3 is 5.11 Å². The van der Waals surface area contributed by atoms with Gasteiger partial charge in [0.15, 0.2) is 0 Å². The van der Waals surface area contributed by atoms with Gasteiger partial charge in [-0.15, -0.1) is 0 Å². The molecule has 2 aromatic rings. The Labute approximate surface area is 167 Å². The van der Waals surface area contributed by atoms with Crippen LogP contribution < -0.4 is 4.72 Å². The summed E-state index contributed by atoms with van der Waals surface area (Å²) in [5.74, 6) is -1.18. The summed E-state index contributed by atoms with van der Waals surface area (Å²) in [5.41, 5.74) is 2.11. The van der Waals surface area contributed by atoms with Gasteiger partial charge in [-0.2, -0.15) is 0 Å². The standard InChI is InChI=1S/C21H28N2O4S/c1-17-10-12-20(13-11-17)28(26,27)23-15-3-2-8-19(21(24)25)9-4-6-18-7-5-14-22-16-18/h5,7,10-14,16,19,23H,2-4,6,8-9,15H2,1H3,(H,24,25). The molecule has 0 aliphatic rings. The number of rotatable bonds is 12. The minimum Gasteiger partial charge on any atom is -0.481 e. The van der Waals surface area contributed by atoms with E-state index in [-0.39, 0.29) is 4.90 Å². The summed E-state index contributed by atoms with van der Waals surface area (Å²) in [6.45, 7) is 2.21. The molecule has 2 N–H and O–H groups in total. The third-order valence-corrected chi connectivity index (χ3v) is 6.17. The maximum atomic E-state index is 12.2. The van der Waals surface area contributed by atoms with Crippen molar-refractivity contribution < 1.29 is 18.3 Å². The summed E-state index contributed by atoms with van der Waals surface area (Å²) < 4.78 is 27.0. The van der Waals surface area contributed by atoms with E-state index < -0.39 is 21.9 Å². The van der Waals surface area contributed by atoms with Gasteiger partial charge in [0, 0.05) is 18.9 Å². The number of carboxylic acid groups (broad SMARTS) is 1. The minimum absolute atomic E-state index is 0.247. The number of carboxylic acids is 1. The van der Waals surface area contributed by atoms with E-state index in [1.54, 1.807) is 36.7 Å². The molecule has 28 heavy (non-hydrogen) atoms. The summed E-state index contributed by atoms with van der Waals surface area (Å²) in [6.07, 6.45) is 7.56. The molecule has 0 saturated carbocycles. The van der Waals surface area contributed by atoms with Crippen molar-refractivity contribution in [1.29, 1.82) is 0 Å². The van der Waals surface area contributed by atoms with Gasteiger partial charge in [-0.05, 0) is 62.8 Å². The molecule has 152 valence electrons. The summed E-state index contributed by atoms with van der Waals surface area (Å²) in [5, 5.41) is 9.40. The molecular weight excluding hydrogens is 376 g/mol. The highest BCUT2D eigenvalue weighted by molar-refractivity contribution is 7.89. The van der Waals surface area contributed by atoms with Crippen molar-refractivity contribution in [3.8, 4) is 0 Å². The minimum atomic E-state index is -3.51. The van der Waals surface area contributed by atoms with E-state index in [0.717, 1.165) is 24.0 Å². The van der Waals surface area contributed by atoms with Gasteiger partial charge in [0.2, 0.25) is 10.0 Å². The number of nitrogens with zero attached hydrogens (tertiary/aromatic N) is 1. The highest BCUT2D eigenvalue weighted by atomic mass is 32.2. The first-order chi connectivity index (χ1) is 13.4. The molecule has 0 fully saturated rings.